The highest BCUT2D eigenvalue weighted by Gasteiger charge is 2.16. The van der Waals surface area contributed by atoms with Crippen molar-refractivity contribution in [2.45, 2.75) is 58.2 Å². The minimum atomic E-state index is -0.537. The van der Waals surface area contributed by atoms with Crippen LogP contribution in [0.15, 0.2) is 48.5 Å². The van der Waals surface area contributed by atoms with Crippen LogP contribution in [0.4, 0.5) is 13.6 Å². The highest BCUT2D eigenvalue weighted by Crippen LogP contribution is 2.14. The fraction of sp³-hybridized carbons (Fsp3) is 0.440. The zero-order valence-corrected chi connectivity index (χ0v) is 20.9. The molecule has 0 spiro atoms. The zero-order valence-electron chi connectivity index (χ0n) is 20.2. The molecule has 0 heterocycles. The van der Waals surface area contributed by atoms with Gasteiger partial charge in [0.15, 0.2) is 0 Å². The second kappa shape index (κ2) is 16.0. The predicted octanol–water partition coefficient (Wildman–Crippen LogP) is 5.43. The molecular formula is C25H33ClF2N2O5. The molecule has 3 N–H and O–H groups in total. The lowest BCUT2D eigenvalue weighted by atomic mass is 10.0. The minimum absolute atomic E-state index is 0.0591. The fourth-order valence-corrected chi connectivity index (χ4v) is 2.89. The summed E-state index contributed by atoms with van der Waals surface area (Å²) in [7, 11) is 0. The van der Waals surface area contributed by atoms with Crippen molar-refractivity contribution in [3.05, 3.63) is 70.8 Å². The number of carbonyl (C=O) groups excluding carboxylic acids is 2. The van der Waals surface area contributed by atoms with Crippen molar-refractivity contribution >= 4 is 23.6 Å². The summed E-state index contributed by atoms with van der Waals surface area (Å²) in [6.07, 6.45) is 1.17. The van der Waals surface area contributed by atoms with E-state index in [9.17, 15) is 18.4 Å². The average Bonchev–Trinajstić information content (AvgIpc) is 2.77. The van der Waals surface area contributed by atoms with Crippen LogP contribution in [0.25, 0.3) is 0 Å². The van der Waals surface area contributed by atoms with Crippen molar-refractivity contribution < 1.29 is 33.1 Å². The van der Waals surface area contributed by atoms with Gasteiger partial charge in [0.1, 0.15) is 17.2 Å². The number of rotatable bonds is 10. The predicted molar refractivity (Wildman–Crippen MR) is 129 cm³/mol. The van der Waals surface area contributed by atoms with Crippen LogP contribution in [-0.4, -0.2) is 42.1 Å². The van der Waals surface area contributed by atoms with Crippen molar-refractivity contribution in [2.24, 2.45) is 0 Å². The standard InChI is InChI=1S/C19H29ClN2O5.C6H4F2/c1-19(2,3)27-18(24)21-11-4-12-26-16(13-17(23)22-25)10-7-14-5-8-15(20)9-6-14;7-5-2-1-3-6(8)4-5/h5-6,8-9,16,25H,4,7,10-13H2,1-3H3,(H,21,24)(H,22,23);1-4H/t16-;/m0./s1. The van der Waals surface area contributed by atoms with E-state index < -0.39 is 29.2 Å². The molecule has 194 valence electrons. The van der Waals surface area contributed by atoms with Crippen LogP contribution in [0.2, 0.25) is 5.02 Å². The van der Waals surface area contributed by atoms with Crippen molar-refractivity contribution in [3.63, 3.8) is 0 Å². The maximum absolute atomic E-state index is 11.9. The van der Waals surface area contributed by atoms with Crippen molar-refractivity contribution in [1.82, 2.24) is 10.8 Å². The van der Waals surface area contributed by atoms with Gasteiger partial charge in [0.25, 0.3) is 0 Å². The quantitative estimate of drug-likeness (QED) is 0.223. The Bertz CT molecular complexity index is 890. The van der Waals surface area contributed by atoms with Gasteiger partial charge in [-0.1, -0.05) is 29.8 Å². The summed E-state index contributed by atoms with van der Waals surface area (Å²) in [6.45, 7) is 6.18. The monoisotopic (exact) mass is 514 g/mol. The molecule has 7 nitrogen and oxygen atoms in total. The fourth-order valence-electron chi connectivity index (χ4n) is 2.76. The van der Waals surface area contributed by atoms with E-state index in [2.05, 4.69) is 5.32 Å². The molecule has 2 aromatic rings. The van der Waals surface area contributed by atoms with Gasteiger partial charge in [-0.05, 0) is 69.9 Å². The molecule has 0 aliphatic heterocycles. The number of amides is 2. The van der Waals surface area contributed by atoms with Crippen LogP contribution in [0.3, 0.4) is 0 Å². The number of hydrogen-bond donors (Lipinski definition) is 3. The summed E-state index contributed by atoms with van der Waals surface area (Å²) in [6, 6.07) is 12.0. The first-order valence-electron chi connectivity index (χ1n) is 11.2. The Morgan fingerprint density at radius 2 is 1.71 bits per heavy atom. The summed E-state index contributed by atoms with van der Waals surface area (Å²) in [5, 5.41) is 12.1. The Hall–Kier alpha value is -2.75. The number of aryl methyl sites for hydroxylation is 1. The van der Waals surface area contributed by atoms with Crippen LogP contribution in [0.1, 0.15) is 45.6 Å². The van der Waals surface area contributed by atoms with Crippen molar-refractivity contribution in [2.75, 3.05) is 13.2 Å². The molecule has 0 bridgehead atoms. The minimum Gasteiger partial charge on any atom is -0.444 e. The molecule has 1 atom stereocenters. The molecule has 0 unspecified atom stereocenters. The third-order valence-electron chi connectivity index (χ3n) is 4.34. The summed E-state index contributed by atoms with van der Waals surface area (Å²) in [4.78, 5) is 23.0. The molecule has 0 radical (unpaired) electrons. The number of hydroxylamine groups is 1. The van der Waals surface area contributed by atoms with Gasteiger partial charge in [-0.3, -0.25) is 10.0 Å². The molecule has 0 aromatic heterocycles. The molecule has 0 aliphatic carbocycles. The molecule has 2 amide bonds. The Balaban J connectivity index is 0.000000642. The van der Waals surface area contributed by atoms with E-state index >= 15 is 0 Å². The Labute approximate surface area is 209 Å². The normalized spacial score (nSPS) is 11.6. The van der Waals surface area contributed by atoms with Crippen molar-refractivity contribution in [1.29, 1.82) is 0 Å². The zero-order chi connectivity index (χ0) is 26.3. The van der Waals surface area contributed by atoms with Gasteiger partial charge in [0, 0.05) is 24.2 Å². The van der Waals surface area contributed by atoms with E-state index in [0.717, 1.165) is 18.1 Å². The lowest BCUT2D eigenvalue weighted by Gasteiger charge is -2.20. The molecule has 10 heteroatoms. The summed E-state index contributed by atoms with van der Waals surface area (Å²) >= 11 is 5.87. The third-order valence-corrected chi connectivity index (χ3v) is 4.59. The van der Waals surface area contributed by atoms with Gasteiger partial charge in [-0.2, -0.15) is 0 Å². The van der Waals surface area contributed by atoms with E-state index in [1.165, 1.54) is 18.2 Å². The smallest absolute Gasteiger partial charge is 0.407 e. The van der Waals surface area contributed by atoms with E-state index in [1.807, 2.05) is 24.3 Å². The number of carbonyl (C=O) groups is 2. The number of halogens is 3. The van der Waals surface area contributed by atoms with Gasteiger partial charge in [-0.15, -0.1) is 0 Å². The topological polar surface area (TPSA) is 96.9 Å². The van der Waals surface area contributed by atoms with E-state index in [0.29, 0.717) is 31.0 Å². The Morgan fingerprint density at radius 1 is 1.09 bits per heavy atom. The summed E-state index contributed by atoms with van der Waals surface area (Å²) in [5.41, 5.74) is 2.18. The first-order valence-corrected chi connectivity index (χ1v) is 11.5. The second-order valence-electron chi connectivity index (χ2n) is 8.62. The molecule has 2 aromatic carbocycles. The van der Waals surface area contributed by atoms with Gasteiger partial charge in [-0.25, -0.2) is 19.1 Å². The third kappa shape index (κ3) is 15.7. The Morgan fingerprint density at radius 3 is 2.23 bits per heavy atom. The van der Waals surface area contributed by atoms with E-state index in [-0.39, 0.29) is 12.5 Å². The van der Waals surface area contributed by atoms with Gasteiger partial charge < -0.3 is 14.8 Å². The molecular weight excluding hydrogens is 482 g/mol. The van der Waals surface area contributed by atoms with Gasteiger partial charge >= 0.3 is 6.09 Å². The molecule has 0 saturated carbocycles. The van der Waals surface area contributed by atoms with Crippen molar-refractivity contribution in [3.8, 4) is 0 Å². The number of nitrogens with one attached hydrogen (secondary N) is 2. The number of benzene rings is 2. The summed E-state index contributed by atoms with van der Waals surface area (Å²) in [5.74, 6) is -1.57. The van der Waals surface area contributed by atoms with Gasteiger partial charge in [0.05, 0.1) is 12.5 Å². The number of ether oxygens (including phenoxy) is 2. The number of alkyl carbamates (subject to hydrolysis) is 1. The molecule has 2 rings (SSSR count). The van der Waals surface area contributed by atoms with Gasteiger partial charge in [0.2, 0.25) is 5.91 Å². The highest BCUT2D eigenvalue weighted by atomic mass is 35.5. The van der Waals surface area contributed by atoms with Crippen LogP contribution in [-0.2, 0) is 20.7 Å². The molecule has 35 heavy (non-hydrogen) atoms. The summed E-state index contributed by atoms with van der Waals surface area (Å²) < 4.78 is 34.8. The first-order chi connectivity index (χ1) is 16.5. The average molecular weight is 515 g/mol. The molecule has 0 aliphatic rings. The molecule has 0 saturated heterocycles. The van der Waals surface area contributed by atoms with E-state index in [1.54, 1.807) is 26.3 Å². The SMILES string of the molecule is CC(C)(C)OC(=O)NCCCO[C@@H](CCc1ccc(Cl)cc1)CC(=O)NO.Fc1cccc(F)c1. The Kier molecular flexibility index (Phi) is 13.9. The maximum atomic E-state index is 11.9. The lowest BCUT2D eigenvalue weighted by Crippen LogP contribution is -2.33. The highest BCUT2D eigenvalue weighted by molar-refractivity contribution is 6.30. The second-order valence-corrected chi connectivity index (χ2v) is 9.06. The largest absolute Gasteiger partial charge is 0.444 e. The van der Waals surface area contributed by atoms with Crippen LogP contribution < -0.4 is 10.8 Å². The van der Waals surface area contributed by atoms with Crippen LogP contribution >= 0.6 is 11.6 Å². The van der Waals surface area contributed by atoms with Crippen LogP contribution in [0.5, 0.6) is 0 Å². The maximum Gasteiger partial charge on any atom is 0.407 e. The van der Waals surface area contributed by atoms with E-state index in [4.69, 9.17) is 26.3 Å². The first kappa shape index (κ1) is 30.3. The number of hydrogen-bond acceptors (Lipinski definition) is 5. The van der Waals surface area contributed by atoms with Crippen LogP contribution in [0, 0.1) is 11.6 Å². The lowest BCUT2D eigenvalue weighted by molar-refractivity contribution is -0.132. The molecule has 0 fully saturated rings.